The van der Waals surface area contributed by atoms with E-state index < -0.39 is 0 Å². The van der Waals surface area contributed by atoms with Crippen LogP contribution in [0.15, 0.2) is 22.7 Å². The van der Waals surface area contributed by atoms with Crippen molar-refractivity contribution in [2.75, 3.05) is 25.6 Å². The molecule has 4 heteroatoms. The van der Waals surface area contributed by atoms with Crippen LogP contribution in [0.3, 0.4) is 0 Å². The van der Waals surface area contributed by atoms with Gasteiger partial charge in [0.1, 0.15) is 0 Å². The first-order valence-electron chi connectivity index (χ1n) is 5.79. The molecule has 0 aliphatic carbocycles. The molecule has 0 atom stereocenters. The highest BCUT2D eigenvalue weighted by molar-refractivity contribution is 9.10. The van der Waals surface area contributed by atoms with Crippen LogP contribution < -0.4 is 5.73 Å². The standard InChI is InChI=1S/C13H20BrNO2/c1-10(2)8-16-5-6-17-9-11-3-4-12(14)7-13(11)15/h3-4,7,10H,5-6,8-9,15H2,1-2H3. The van der Waals surface area contributed by atoms with Gasteiger partial charge < -0.3 is 15.2 Å². The number of rotatable bonds is 7. The van der Waals surface area contributed by atoms with Crippen LogP contribution in [0.4, 0.5) is 5.69 Å². The van der Waals surface area contributed by atoms with Crippen molar-refractivity contribution in [3.05, 3.63) is 28.2 Å². The maximum atomic E-state index is 5.86. The summed E-state index contributed by atoms with van der Waals surface area (Å²) in [5, 5.41) is 0. The minimum Gasteiger partial charge on any atom is -0.398 e. The molecule has 0 radical (unpaired) electrons. The predicted octanol–water partition coefficient (Wildman–Crippen LogP) is 3.22. The fourth-order valence-electron chi connectivity index (χ4n) is 1.32. The van der Waals surface area contributed by atoms with Crippen LogP contribution in [0.2, 0.25) is 0 Å². The summed E-state index contributed by atoms with van der Waals surface area (Å²) in [5.41, 5.74) is 7.62. The van der Waals surface area contributed by atoms with Crippen molar-refractivity contribution in [2.24, 2.45) is 5.92 Å². The molecule has 2 N–H and O–H groups in total. The molecule has 0 aliphatic heterocycles. The predicted molar refractivity (Wildman–Crippen MR) is 73.9 cm³/mol. The van der Waals surface area contributed by atoms with Gasteiger partial charge in [0.25, 0.3) is 0 Å². The van der Waals surface area contributed by atoms with Crippen molar-refractivity contribution >= 4 is 21.6 Å². The number of benzene rings is 1. The topological polar surface area (TPSA) is 44.5 Å². The van der Waals surface area contributed by atoms with Crippen molar-refractivity contribution in [2.45, 2.75) is 20.5 Å². The number of hydrogen-bond acceptors (Lipinski definition) is 3. The molecule has 0 fully saturated rings. The molecule has 1 rings (SSSR count). The van der Waals surface area contributed by atoms with Gasteiger partial charge in [-0.3, -0.25) is 0 Å². The molecule has 3 nitrogen and oxygen atoms in total. The van der Waals surface area contributed by atoms with Crippen LogP contribution in [0.1, 0.15) is 19.4 Å². The summed E-state index contributed by atoms with van der Waals surface area (Å²) in [6.45, 7) is 6.80. The molecule has 0 aliphatic rings. The third kappa shape index (κ3) is 6.05. The van der Waals surface area contributed by atoms with Crippen LogP contribution in [0.25, 0.3) is 0 Å². The second-order valence-electron chi connectivity index (χ2n) is 4.36. The van der Waals surface area contributed by atoms with Gasteiger partial charge in [0.15, 0.2) is 0 Å². The van der Waals surface area contributed by atoms with E-state index in [-0.39, 0.29) is 0 Å². The van der Waals surface area contributed by atoms with E-state index >= 15 is 0 Å². The van der Waals surface area contributed by atoms with Gasteiger partial charge in [-0.2, -0.15) is 0 Å². The molecule has 0 aromatic heterocycles. The quantitative estimate of drug-likeness (QED) is 0.621. The summed E-state index contributed by atoms with van der Waals surface area (Å²) in [7, 11) is 0. The van der Waals surface area contributed by atoms with Crippen LogP contribution in [-0.2, 0) is 16.1 Å². The van der Waals surface area contributed by atoms with Gasteiger partial charge in [-0.25, -0.2) is 0 Å². The van der Waals surface area contributed by atoms with Crippen LogP contribution >= 0.6 is 15.9 Å². The average Bonchev–Trinajstić information content (AvgIpc) is 2.25. The third-order valence-corrected chi connectivity index (χ3v) is 2.68. The molecule has 0 bridgehead atoms. The summed E-state index contributed by atoms with van der Waals surface area (Å²) >= 11 is 3.37. The highest BCUT2D eigenvalue weighted by atomic mass is 79.9. The molecular formula is C13H20BrNO2. The smallest absolute Gasteiger partial charge is 0.0738 e. The molecule has 0 saturated carbocycles. The molecule has 17 heavy (non-hydrogen) atoms. The molecule has 0 spiro atoms. The third-order valence-electron chi connectivity index (χ3n) is 2.19. The zero-order valence-electron chi connectivity index (χ0n) is 10.4. The Morgan fingerprint density at radius 2 is 1.94 bits per heavy atom. The number of halogens is 1. The summed E-state index contributed by atoms with van der Waals surface area (Å²) in [6.07, 6.45) is 0. The number of anilines is 1. The second kappa shape index (κ2) is 7.69. The highest BCUT2D eigenvalue weighted by Gasteiger charge is 2.00. The van der Waals surface area contributed by atoms with Crippen molar-refractivity contribution < 1.29 is 9.47 Å². The zero-order valence-corrected chi connectivity index (χ0v) is 12.0. The van der Waals surface area contributed by atoms with Gasteiger partial charge in [-0.1, -0.05) is 35.8 Å². The summed E-state index contributed by atoms with van der Waals surface area (Å²) < 4.78 is 11.9. The molecule has 1 aromatic carbocycles. The summed E-state index contributed by atoms with van der Waals surface area (Å²) in [6, 6.07) is 5.81. The second-order valence-corrected chi connectivity index (χ2v) is 5.28. The van der Waals surface area contributed by atoms with Crippen molar-refractivity contribution in [1.82, 2.24) is 0 Å². The van der Waals surface area contributed by atoms with E-state index in [0.29, 0.717) is 25.7 Å². The van der Waals surface area contributed by atoms with E-state index in [1.807, 2.05) is 18.2 Å². The van der Waals surface area contributed by atoms with E-state index in [0.717, 1.165) is 22.3 Å². The van der Waals surface area contributed by atoms with Crippen molar-refractivity contribution in [1.29, 1.82) is 0 Å². The lowest BCUT2D eigenvalue weighted by Gasteiger charge is -2.09. The van der Waals surface area contributed by atoms with Gasteiger partial charge in [0.05, 0.1) is 19.8 Å². The average molecular weight is 302 g/mol. The van der Waals surface area contributed by atoms with Gasteiger partial charge in [0, 0.05) is 22.3 Å². The minimum absolute atomic E-state index is 0.532. The van der Waals surface area contributed by atoms with Crippen LogP contribution in [0, 0.1) is 5.92 Å². The number of nitrogen functional groups attached to an aromatic ring is 1. The maximum Gasteiger partial charge on any atom is 0.0738 e. The minimum atomic E-state index is 0.532. The molecule has 0 saturated heterocycles. The van der Waals surface area contributed by atoms with E-state index in [9.17, 15) is 0 Å². The lowest BCUT2D eigenvalue weighted by Crippen LogP contribution is -2.09. The van der Waals surface area contributed by atoms with Gasteiger partial charge in [0.2, 0.25) is 0 Å². The lowest BCUT2D eigenvalue weighted by molar-refractivity contribution is 0.0316. The Kier molecular flexibility index (Phi) is 6.55. The van der Waals surface area contributed by atoms with Crippen molar-refractivity contribution in [3.8, 4) is 0 Å². The Bertz CT molecular complexity index is 342. The van der Waals surface area contributed by atoms with Gasteiger partial charge in [-0.05, 0) is 18.1 Å². The largest absolute Gasteiger partial charge is 0.398 e. The first-order valence-corrected chi connectivity index (χ1v) is 6.58. The van der Waals surface area contributed by atoms with E-state index in [2.05, 4.69) is 29.8 Å². The SMILES string of the molecule is CC(C)COCCOCc1ccc(Br)cc1N. The highest BCUT2D eigenvalue weighted by Crippen LogP contribution is 2.19. The fraction of sp³-hybridized carbons (Fsp3) is 0.538. The van der Waals surface area contributed by atoms with E-state index in [1.165, 1.54) is 0 Å². The Balaban J connectivity index is 2.18. The number of hydrogen-bond donors (Lipinski definition) is 1. The van der Waals surface area contributed by atoms with E-state index in [4.69, 9.17) is 15.2 Å². The van der Waals surface area contributed by atoms with E-state index in [1.54, 1.807) is 0 Å². The summed E-state index contributed by atoms with van der Waals surface area (Å²) in [4.78, 5) is 0. The summed E-state index contributed by atoms with van der Waals surface area (Å²) in [5.74, 6) is 0.567. The van der Waals surface area contributed by atoms with Gasteiger partial charge >= 0.3 is 0 Å². The Morgan fingerprint density at radius 1 is 1.24 bits per heavy atom. The molecule has 0 unspecified atom stereocenters. The molecule has 0 heterocycles. The Hall–Kier alpha value is -0.580. The zero-order chi connectivity index (χ0) is 12.7. The van der Waals surface area contributed by atoms with Crippen LogP contribution in [-0.4, -0.2) is 19.8 Å². The Morgan fingerprint density at radius 3 is 2.59 bits per heavy atom. The lowest BCUT2D eigenvalue weighted by atomic mass is 10.2. The number of ether oxygens (including phenoxy) is 2. The molecule has 1 aromatic rings. The maximum absolute atomic E-state index is 5.86. The normalized spacial score (nSPS) is 11.1. The number of nitrogens with two attached hydrogens (primary N) is 1. The molecule has 0 amide bonds. The Labute approximate surface area is 111 Å². The van der Waals surface area contributed by atoms with Crippen molar-refractivity contribution in [3.63, 3.8) is 0 Å². The fourth-order valence-corrected chi connectivity index (χ4v) is 1.70. The first-order chi connectivity index (χ1) is 8.09. The monoisotopic (exact) mass is 301 g/mol. The molecule has 96 valence electrons. The molecular weight excluding hydrogens is 282 g/mol. The van der Waals surface area contributed by atoms with Crippen LogP contribution in [0.5, 0.6) is 0 Å². The van der Waals surface area contributed by atoms with Gasteiger partial charge in [-0.15, -0.1) is 0 Å². The first kappa shape index (κ1) is 14.5.